The Labute approximate surface area is 114 Å². The van der Waals surface area contributed by atoms with Crippen molar-refractivity contribution in [3.05, 3.63) is 34.3 Å². The van der Waals surface area contributed by atoms with E-state index >= 15 is 0 Å². The van der Waals surface area contributed by atoms with Crippen LogP contribution in [-0.2, 0) is 13.6 Å². The molecule has 1 aliphatic rings. The lowest BCUT2D eigenvalue weighted by Gasteiger charge is -2.05. The van der Waals surface area contributed by atoms with Gasteiger partial charge < -0.3 is 5.11 Å². The van der Waals surface area contributed by atoms with Gasteiger partial charge in [0, 0.05) is 31.5 Å². The highest BCUT2D eigenvalue weighted by Crippen LogP contribution is 2.31. The molecule has 1 unspecified atom stereocenters. The van der Waals surface area contributed by atoms with Gasteiger partial charge in [0.05, 0.1) is 10.7 Å². The fourth-order valence-corrected chi connectivity index (χ4v) is 2.60. The minimum atomic E-state index is -0.728. The van der Waals surface area contributed by atoms with Crippen LogP contribution in [0.5, 0.6) is 0 Å². The second kappa shape index (κ2) is 4.51. The molecule has 1 saturated carbocycles. The van der Waals surface area contributed by atoms with Crippen LogP contribution < -0.4 is 0 Å². The third-order valence-corrected chi connectivity index (χ3v) is 3.79. The summed E-state index contributed by atoms with van der Waals surface area (Å²) < 4.78 is 4.40. The van der Waals surface area contributed by atoms with E-state index in [-0.39, 0.29) is 0 Å². The predicted octanol–water partition coefficient (Wildman–Crippen LogP) is 1.87. The maximum Gasteiger partial charge on any atom is 0.127 e. The van der Waals surface area contributed by atoms with Crippen LogP contribution in [0.4, 0.5) is 0 Å². The largest absolute Gasteiger partial charge is 0.382 e. The van der Waals surface area contributed by atoms with Crippen LogP contribution in [0.2, 0.25) is 0 Å². The summed E-state index contributed by atoms with van der Waals surface area (Å²) in [5.74, 6) is 0.775. The lowest BCUT2D eigenvalue weighted by molar-refractivity contribution is 0.213. The van der Waals surface area contributed by atoms with Crippen molar-refractivity contribution in [1.29, 1.82) is 0 Å². The lowest BCUT2D eigenvalue weighted by atomic mass is 10.1. The second-order valence-corrected chi connectivity index (χ2v) is 5.73. The first-order valence-corrected chi connectivity index (χ1v) is 6.82. The average molecular weight is 311 g/mol. The van der Waals surface area contributed by atoms with Crippen molar-refractivity contribution in [2.45, 2.75) is 25.5 Å². The van der Waals surface area contributed by atoms with Crippen LogP contribution in [0.25, 0.3) is 0 Å². The van der Waals surface area contributed by atoms with E-state index in [4.69, 9.17) is 0 Å². The molecule has 0 aromatic carbocycles. The molecule has 1 N–H and O–H groups in total. The van der Waals surface area contributed by atoms with Crippen LogP contribution in [-0.4, -0.2) is 24.7 Å². The van der Waals surface area contributed by atoms with Crippen LogP contribution in [0.15, 0.2) is 23.1 Å². The van der Waals surface area contributed by atoms with Gasteiger partial charge in [0.25, 0.3) is 0 Å². The molecule has 0 spiro atoms. The maximum absolute atomic E-state index is 10.3. The lowest BCUT2D eigenvalue weighted by Crippen LogP contribution is -2.02. The van der Waals surface area contributed by atoms with Crippen LogP contribution in [0, 0.1) is 5.92 Å². The number of nitrogens with zero attached hydrogens (tertiary/aromatic N) is 4. The molecule has 1 atom stereocenters. The third kappa shape index (κ3) is 2.35. The molecule has 96 valence electrons. The van der Waals surface area contributed by atoms with E-state index in [1.54, 1.807) is 10.9 Å². The van der Waals surface area contributed by atoms with Crippen molar-refractivity contribution >= 4 is 15.9 Å². The number of aliphatic hydroxyl groups excluding tert-OH is 1. The summed E-state index contributed by atoms with van der Waals surface area (Å²) in [4.78, 5) is 0. The number of aliphatic hydroxyl groups is 1. The molecule has 0 amide bonds. The quantitative estimate of drug-likeness (QED) is 0.938. The Morgan fingerprint density at radius 3 is 2.89 bits per heavy atom. The summed E-state index contributed by atoms with van der Waals surface area (Å²) >= 11 is 3.40. The van der Waals surface area contributed by atoms with Crippen LogP contribution in [0.1, 0.15) is 30.2 Å². The Kier molecular flexibility index (Phi) is 2.99. The number of rotatable bonds is 4. The number of halogens is 1. The first-order chi connectivity index (χ1) is 8.63. The van der Waals surface area contributed by atoms with Gasteiger partial charge in [-0.3, -0.25) is 9.36 Å². The zero-order valence-corrected chi connectivity index (χ0v) is 11.7. The number of hydrogen-bond acceptors (Lipinski definition) is 3. The van der Waals surface area contributed by atoms with E-state index in [0.29, 0.717) is 5.69 Å². The van der Waals surface area contributed by atoms with Crippen molar-refractivity contribution in [2.24, 2.45) is 13.0 Å². The molecule has 0 bridgehead atoms. The minimum absolute atomic E-state index is 0.628. The summed E-state index contributed by atoms with van der Waals surface area (Å²) in [5.41, 5.74) is 1.42. The number of hydrogen-bond donors (Lipinski definition) is 1. The Morgan fingerprint density at radius 1 is 1.50 bits per heavy atom. The molecule has 1 fully saturated rings. The molecule has 0 saturated heterocycles. The molecule has 0 aliphatic heterocycles. The molecule has 2 heterocycles. The molecule has 6 heteroatoms. The molecule has 2 aromatic rings. The normalized spacial score (nSPS) is 17.1. The summed E-state index contributed by atoms with van der Waals surface area (Å²) in [6.07, 6.45) is 7.31. The van der Waals surface area contributed by atoms with E-state index in [1.165, 1.54) is 12.8 Å². The van der Waals surface area contributed by atoms with Gasteiger partial charge in [-0.05, 0) is 34.7 Å². The number of aromatic nitrogens is 4. The zero-order chi connectivity index (χ0) is 12.7. The first kappa shape index (κ1) is 11.9. The first-order valence-electron chi connectivity index (χ1n) is 6.03. The van der Waals surface area contributed by atoms with Gasteiger partial charge in [-0.2, -0.15) is 10.2 Å². The van der Waals surface area contributed by atoms with Gasteiger partial charge in [-0.1, -0.05) is 0 Å². The molecule has 18 heavy (non-hydrogen) atoms. The molecule has 2 aromatic heterocycles. The van der Waals surface area contributed by atoms with Crippen molar-refractivity contribution in [3.63, 3.8) is 0 Å². The SMILES string of the molecule is Cn1cc(Br)c(C(O)c2cnn(CC3CC3)c2)n1. The summed E-state index contributed by atoms with van der Waals surface area (Å²) in [6, 6.07) is 0. The summed E-state index contributed by atoms with van der Waals surface area (Å²) in [7, 11) is 1.83. The fraction of sp³-hybridized carbons (Fsp3) is 0.500. The van der Waals surface area contributed by atoms with Crippen LogP contribution >= 0.6 is 15.9 Å². The van der Waals surface area contributed by atoms with E-state index in [1.807, 2.05) is 24.1 Å². The Bertz CT molecular complexity index is 558. The van der Waals surface area contributed by atoms with Crippen molar-refractivity contribution in [3.8, 4) is 0 Å². The van der Waals surface area contributed by atoms with Gasteiger partial charge in [-0.15, -0.1) is 0 Å². The summed E-state index contributed by atoms with van der Waals surface area (Å²) in [5, 5.41) is 18.8. The highest BCUT2D eigenvalue weighted by molar-refractivity contribution is 9.10. The predicted molar refractivity (Wildman–Crippen MR) is 69.9 cm³/mol. The smallest absolute Gasteiger partial charge is 0.127 e. The van der Waals surface area contributed by atoms with Crippen molar-refractivity contribution in [2.75, 3.05) is 0 Å². The molecule has 3 rings (SSSR count). The molecular formula is C12H15BrN4O. The van der Waals surface area contributed by atoms with Crippen LogP contribution in [0.3, 0.4) is 0 Å². The number of aryl methyl sites for hydroxylation is 1. The van der Waals surface area contributed by atoms with E-state index in [0.717, 1.165) is 22.5 Å². The molecule has 5 nitrogen and oxygen atoms in total. The standard InChI is InChI=1S/C12H15BrN4O/c1-16-7-10(13)11(15-16)12(18)9-4-14-17(6-9)5-8-2-3-8/h4,6-8,12,18H,2-3,5H2,1H3. The van der Waals surface area contributed by atoms with Gasteiger partial charge in [0.1, 0.15) is 11.8 Å². The summed E-state index contributed by atoms with van der Waals surface area (Å²) in [6.45, 7) is 0.954. The topological polar surface area (TPSA) is 55.9 Å². The fourth-order valence-electron chi connectivity index (χ4n) is 2.01. The zero-order valence-electron chi connectivity index (χ0n) is 10.1. The Morgan fingerprint density at radius 2 is 2.28 bits per heavy atom. The van der Waals surface area contributed by atoms with Gasteiger partial charge in [0.15, 0.2) is 0 Å². The van der Waals surface area contributed by atoms with E-state index < -0.39 is 6.10 Å². The van der Waals surface area contributed by atoms with Crippen molar-refractivity contribution < 1.29 is 5.11 Å². The Hall–Kier alpha value is -1.14. The second-order valence-electron chi connectivity index (χ2n) is 4.88. The van der Waals surface area contributed by atoms with Gasteiger partial charge in [-0.25, -0.2) is 0 Å². The third-order valence-electron chi connectivity index (χ3n) is 3.18. The van der Waals surface area contributed by atoms with Gasteiger partial charge >= 0.3 is 0 Å². The highest BCUT2D eigenvalue weighted by atomic mass is 79.9. The molecule has 0 radical (unpaired) electrons. The van der Waals surface area contributed by atoms with Crippen molar-refractivity contribution in [1.82, 2.24) is 19.6 Å². The Balaban J connectivity index is 1.80. The maximum atomic E-state index is 10.3. The highest BCUT2D eigenvalue weighted by Gasteiger charge is 2.23. The van der Waals surface area contributed by atoms with E-state index in [9.17, 15) is 5.11 Å². The molecular weight excluding hydrogens is 296 g/mol. The minimum Gasteiger partial charge on any atom is -0.382 e. The average Bonchev–Trinajstić information content (AvgIpc) is 2.89. The monoisotopic (exact) mass is 310 g/mol. The van der Waals surface area contributed by atoms with Gasteiger partial charge in [0.2, 0.25) is 0 Å². The molecule has 1 aliphatic carbocycles. The van der Waals surface area contributed by atoms with E-state index in [2.05, 4.69) is 26.1 Å².